The maximum atomic E-state index is 13.7. The van der Waals surface area contributed by atoms with E-state index in [0.717, 1.165) is 13.8 Å². The fourth-order valence-electron chi connectivity index (χ4n) is 6.64. The lowest BCUT2D eigenvalue weighted by Gasteiger charge is -2.17. The number of nitrogens with one attached hydrogen (secondary N) is 4. The molecule has 0 aromatic heterocycles. The second kappa shape index (κ2) is 24.6. The molecule has 7 rings (SSSR count). The minimum atomic E-state index is -1.71. The maximum Gasteiger partial charge on any atom is 0.258 e. The number of rotatable bonds is 18. The molecule has 16 nitrogen and oxygen atoms in total. The Morgan fingerprint density at radius 2 is 0.824 bits per heavy atom. The van der Waals surface area contributed by atoms with Crippen molar-refractivity contribution in [3.63, 3.8) is 0 Å². The van der Waals surface area contributed by atoms with Crippen LogP contribution in [0.4, 0.5) is 34.1 Å². The molecule has 0 bridgehead atoms. The number of carbonyl (C=O) groups is 6. The first-order valence-corrected chi connectivity index (χ1v) is 23.8. The van der Waals surface area contributed by atoms with E-state index in [-0.39, 0.29) is 54.5 Å². The fraction of sp³-hybridized carbons (Fsp3) is 0.0943. The van der Waals surface area contributed by atoms with Crippen molar-refractivity contribution in [2.75, 3.05) is 21.3 Å². The molecule has 0 saturated heterocycles. The number of azo groups is 2. The third-order valence-corrected chi connectivity index (χ3v) is 11.8. The number of nitrogens with zero attached hydrogens (tertiary/aromatic N) is 4. The molecule has 4 amide bonds. The molecule has 0 aliphatic heterocycles. The van der Waals surface area contributed by atoms with E-state index in [1.165, 1.54) is 55.5 Å². The number of hydrogen-bond acceptors (Lipinski definition) is 12. The van der Waals surface area contributed by atoms with Crippen LogP contribution in [0.3, 0.4) is 0 Å². The Balaban J connectivity index is 1.02. The van der Waals surface area contributed by atoms with Crippen molar-refractivity contribution in [3.8, 4) is 23.0 Å². The van der Waals surface area contributed by atoms with Gasteiger partial charge in [-0.05, 0) is 148 Å². The van der Waals surface area contributed by atoms with E-state index in [4.69, 9.17) is 67.5 Å². The Hall–Kier alpha value is -7.99. The summed E-state index contributed by atoms with van der Waals surface area (Å²) in [6, 6.07) is 34.6. The van der Waals surface area contributed by atoms with Crippen LogP contribution < -0.4 is 30.7 Å². The highest BCUT2D eigenvalue weighted by Gasteiger charge is 2.27. The van der Waals surface area contributed by atoms with Crippen molar-refractivity contribution in [2.24, 2.45) is 20.5 Å². The molecular formula is C53H39Cl5N8O8. The molecule has 2 atom stereocenters. The average molecular weight is 1090 g/mol. The molecule has 0 spiro atoms. The smallest absolute Gasteiger partial charge is 0.258 e. The van der Waals surface area contributed by atoms with Crippen molar-refractivity contribution in [1.82, 2.24) is 0 Å². The average Bonchev–Trinajstić information content (AvgIpc) is 3.36. The van der Waals surface area contributed by atoms with Gasteiger partial charge in [0.15, 0.2) is 23.1 Å². The Bertz CT molecular complexity index is 3160. The third kappa shape index (κ3) is 14.2. The van der Waals surface area contributed by atoms with Crippen LogP contribution >= 0.6 is 58.0 Å². The van der Waals surface area contributed by atoms with Crippen LogP contribution in [-0.4, -0.2) is 47.3 Å². The van der Waals surface area contributed by atoms with Gasteiger partial charge in [-0.3, -0.25) is 28.8 Å². The SMILES string of the molecule is CC(=O)C(N=Nc1cc(C(=O)Nc2ccccc2Oc2ccc(Cl)cc2)ccc1Cl)C(=O)Nc1cc(Cl)cc(NC(=O)C(N=Nc2cc(C(=O)Nc3ccccc3Oc3ccc(Cl)cc3)ccc2Cl)C(C)=O)c1C. The Kier molecular flexibility index (Phi) is 17.9. The fourth-order valence-corrected chi connectivity index (χ4v) is 7.43. The van der Waals surface area contributed by atoms with E-state index in [1.807, 2.05) is 0 Å². The lowest BCUT2D eigenvalue weighted by Crippen LogP contribution is -2.33. The molecular weight excluding hydrogens is 1050 g/mol. The Morgan fingerprint density at radius 1 is 0.446 bits per heavy atom. The van der Waals surface area contributed by atoms with Crippen LogP contribution in [0.2, 0.25) is 25.1 Å². The van der Waals surface area contributed by atoms with Crippen LogP contribution in [-0.2, 0) is 19.2 Å². The number of Topliss-reactive ketones (excluding diaryl/α,β-unsaturated/α-hetero) is 2. The van der Waals surface area contributed by atoms with E-state index < -0.39 is 47.3 Å². The van der Waals surface area contributed by atoms with Gasteiger partial charge >= 0.3 is 0 Å². The predicted octanol–water partition coefficient (Wildman–Crippen LogP) is 14.7. The number of hydrogen-bond donors (Lipinski definition) is 4. The van der Waals surface area contributed by atoms with Crippen molar-refractivity contribution >= 4 is 127 Å². The monoisotopic (exact) mass is 1090 g/mol. The number of anilines is 4. The molecule has 0 fully saturated rings. The topological polar surface area (TPSA) is 218 Å². The summed E-state index contributed by atoms with van der Waals surface area (Å²) in [6.45, 7) is 3.79. The highest BCUT2D eigenvalue weighted by atomic mass is 35.5. The standard InChI is InChI=1S/C53H39Cl5N8O8/c1-28-42(61-52(71)48(29(2)67)65-63-44-24-31(12-22-38(44)57)50(69)59-40-8-4-6-10-46(40)73-36-18-14-33(54)15-19-36)26-35(56)27-43(28)62-53(72)49(30(3)68)66-64-45-25-32(13-23-39(45)58)51(70)60-41-9-5-7-11-47(41)74-37-20-16-34(55)17-21-37/h4-27,48-49H,1-3H3,(H,59,69)(H,60,70)(H,61,71)(H,62,72). The van der Waals surface area contributed by atoms with Gasteiger partial charge < -0.3 is 30.7 Å². The molecule has 74 heavy (non-hydrogen) atoms. The van der Waals surface area contributed by atoms with Gasteiger partial charge in [0.2, 0.25) is 12.1 Å². The first kappa shape index (κ1) is 53.8. The van der Waals surface area contributed by atoms with Gasteiger partial charge in [-0.1, -0.05) is 82.3 Å². The minimum absolute atomic E-state index is 0.0237. The predicted molar refractivity (Wildman–Crippen MR) is 286 cm³/mol. The Morgan fingerprint density at radius 3 is 1.20 bits per heavy atom. The summed E-state index contributed by atoms with van der Waals surface area (Å²) in [6.07, 6.45) is 0. The van der Waals surface area contributed by atoms with Crippen molar-refractivity contribution in [2.45, 2.75) is 32.9 Å². The number of benzene rings is 7. The van der Waals surface area contributed by atoms with Gasteiger partial charge in [0.05, 0.1) is 21.4 Å². The summed E-state index contributed by atoms with van der Waals surface area (Å²) in [5.74, 6) is -2.67. The summed E-state index contributed by atoms with van der Waals surface area (Å²) in [5, 5.41) is 28.1. The van der Waals surface area contributed by atoms with E-state index in [1.54, 1.807) is 97.1 Å². The zero-order chi connectivity index (χ0) is 53.1. The van der Waals surface area contributed by atoms with Gasteiger partial charge in [0, 0.05) is 37.6 Å². The molecule has 0 aliphatic rings. The van der Waals surface area contributed by atoms with E-state index in [0.29, 0.717) is 44.4 Å². The molecule has 0 heterocycles. The molecule has 4 N–H and O–H groups in total. The van der Waals surface area contributed by atoms with Crippen LogP contribution in [0, 0.1) is 6.92 Å². The largest absolute Gasteiger partial charge is 0.455 e. The first-order valence-electron chi connectivity index (χ1n) is 21.9. The molecule has 2 unspecified atom stereocenters. The van der Waals surface area contributed by atoms with Crippen molar-refractivity contribution < 1.29 is 38.2 Å². The number of para-hydroxylation sites is 4. The molecule has 21 heteroatoms. The Labute approximate surface area is 448 Å². The van der Waals surface area contributed by atoms with E-state index >= 15 is 0 Å². The van der Waals surface area contributed by atoms with Gasteiger partial charge in [-0.2, -0.15) is 20.5 Å². The molecule has 374 valence electrons. The molecule has 0 saturated carbocycles. The third-order valence-electron chi connectivity index (χ3n) is 10.5. The second-order valence-corrected chi connectivity index (χ2v) is 18.0. The number of ether oxygens (including phenoxy) is 2. The van der Waals surface area contributed by atoms with Crippen LogP contribution in [0.15, 0.2) is 166 Å². The van der Waals surface area contributed by atoms with Crippen molar-refractivity contribution in [3.05, 3.63) is 187 Å². The van der Waals surface area contributed by atoms with Gasteiger partial charge in [-0.15, -0.1) is 0 Å². The van der Waals surface area contributed by atoms with Crippen LogP contribution in [0.25, 0.3) is 0 Å². The summed E-state index contributed by atoms with van der Waals surface area (Å²) < 4.78 is 11.9. The number of carbonyl (C=O) groups excluding carboxylic acids is 6. The lowest BCUT2D eigenvalue weighted by molar-refractivity contribution is -0.127. The number of halogens is 5. The quantitative estimate of drug-likeness (QED) is 0.0477. The highest BCUT2D eigenvalue weighted by molar-refractivity contribution is 6.34. The summed E-state index contributed by atoms with van der Waals surface area (Å²) in [5.41, 5.74) is 1.30. The molecule has 0 aliphatic carbocycles. The summed E-state index contributed by atoms with van der Waals surface area (Å²) in [7, 11) is 0. The maximum absolute atomic E-state index is 13.7. The number of ketones is 2. The van der Waals surface area contributed by atoms with Crippen LogP contribution in [0.5, 0.6) is 23.0 Å². The van der Waals surface area contributed by atoms with Gasteiger partial charge in [-0.25, -0.2) is 0 Å². The van der Waals surface area contributed by atoms with E-state index in [2.05, 4.69) is 41.7 Å². The highest BCUT2D eigenvalue weighted by Crippen LogP contribution is 2.35. The second-order valence-electron chi connectivity index (χ2n) is 15.9. The molecule has 7 aromatic carbocycles. The zero-order valence-corrected chi connectivity index (χ0v) is 42.7. The van der Waals surface area contributed by atoms with Gasteiger partial charge in [0.1, 0.15) is 22.9 Å². The normalized spacial score (nSPS) is 11.9. The summed E-state index contributed by atoms with van der Waals surface area (Å²) in [4.78, 5) is 79.9. The minimum Gasteiger partial charge on any atom is -0.455 e. The van der Waals surface area contributed by atoms with Crippen LogP contribution in [0.1, 0.15) is 40.1 Å². The lowest BCUT2D eigenvalue weighted by atomic mass is 10.1. The van der Waals surface area contributed by atoms with Crippen molar-refractivity contribution in [1.29, 1.82) is 0 Å². The molecule has 7 aromatic rings. The zero-order valence-electron chi connectivity index (χ0n) is 39.0. The first-order chi connectivity index (χ1) is 35.4. The molecule has 0 radical (unpaired) electrons. The number of amides is 4. The summed E-state index contributed by atoms with van der Waals surface area (Å²) >= 11 is 31.3. The van der Waals surface area contributed by atoms with E-state index in [9.17, 15) is 28.8 Å². The van der Waals surface area contributed by atoms with Gasteiger partial charge in [0.25, 0.3) is 23.6 Å².